The van der Waals surface area contributed by atoms with Crippen LogP contribution in [0.15, 0.2) is 60.9 Å². The van der Waals surface area contributed by atoms with Gasteiger partial charge in [-0.05, 0) is 53.4 Å². The number of hydrogen-bond donors (Lipinski definition) is 1. The Labute approximate surface area is 181 Å². The maximum Gasteiger partial charge on any atom is 0.237 e. The van der Waals surface area contributed by atoms with Crippen LogP contribution >= 0.6 is 11.6 Å². The highest BCUT2D eigenvalue weighted by molar-refractivity contribution is 6.31. The fourth-order valence-electron chi connectivity index (χ4n) is 4.00. The minimum absolute atomic E-state index is 0.0187. The first-order chi connectivity index (χ1) is 14.7. The van der Waals surface area contributed by atoms with Gasteiger partial charge in [0.1, 0.15) is 6.33 Å². The largest absolute Gasteiger partial charge is 0.351 e. The molecule has 4 rings (SSSR count). The van der Waals surface area contributed by atoms with Crippen LogP contribution in [-0.4, -0.2) is 50.1 Å². The number of carbonyl (C=O) groups excluding carboxylic acids is 1. The van der Waals surface area contributed by atoms with Crippen LogP contribution in [0.4, 0.5) is 0 Å². The summed E-state index contributed by atoms with van der Waals surface area (Å²) in [4.78, 5) is 15.3. The van der Waals surface area contributed by atoms with E-state index in [0.717, 1.165) is 31.5 Å². The zero-order valence-corrected chi connectivity index (χ0v) is 17.4. The second kappa shape index (κ2) is 9.82. The van der Waals surface area contributed by atoms with E-state index < -0.39 is 0 Å². The summed E-state index contributed by atoms with van der Waals surface area (Å²) < 4.78 is 1.76. The van der Waals surface area contributed by atoms with E-state index in [9.17, 15) is 4.79 Å². The standard InChI is InChI=1S/C22H25ClN6O/c23-20-11-5-4-10-18(20)14-24-22(30)21-13-19(29-16-25-26-27-29)15-28(21)12-6-9-17-7-2-1-3-8-17/h1-5,7-8,10-11,16,19,21H,6,9,12-15H2,(H,24,30)/t19-,21-/m0/s1. The van der Waals surface area contributed by atoms with Gasteiger partial charge in [0.2, 0.25) is 5.91 Å². The van der Waals surface area contributed by atoms with E-state index in [1.165, 1.54) is 5.56 Å². The predicted molar refractivity (Wildman–Crippen MR) is 115 cm³/mol. The van der Waals surface area contributed by atoms with Crippen LogP contribution in [0, 0.1) is 0 Å². The normalized spacial score (nSPS) is 19.1. The topological polar surface area (TPSA) is 75.9 Å². The summed E-state index contributed by atoms with van der Waals surface area (Å²) in [5.41, 5.74) is 2.23. The molecule has 1 aromatic heterocycles. The van der Waals surface area contributed by atoms with Crippen molar-refractivity contribution in [2.24, 2.45) is 0 Å². The molecule has 1 N–H and O–H groups in total. The number of halogens is 1. The summed E-state index contributed by atoms with van der Waals surface area (Å²) in [7, 11) is 0. The molecule has 2 aromatic carbocycles. The average molecular weight is 425 g/mol. The van der Waals surface area contributed by atoms with Crippen LogP contribution in [0.25, 0.3) is 0 Å². The molecule has 1 saturated heterocycles. The van der Waals surface area contributed by atoms with Crippen molar-refractivity contribution < 1.29 is 4.79 Å². The van der Waals surface area contributed by atoms with Crippen molar-refractivity contribution in [2.45, 2.75) is 37.9 Å². The SMILES string of the molecule is O=C(NCc1ccccc1Cl)[C@@H]1C[C@H](n2cnnn2)CN1CCCc1ccccc1. The third kappa shape index (κ3) is 5.04. The summed E-state index contributed by atoms with van der Waals surface area (Å²) in [5, 5.41) is 15.3. The summed E-state index contributed by atoms with van der Waals surface area (Å²) in [6, 6.07) is 17.9. The number of aromatic nitrogens is 4. The highest BCUT2D eigenvalue weighted by Gasteiger charge is 2.37. The van der Waals surface area contributed by atoms with Crippen molar-refractivity contribution in [3.8, 4) is 0 Å². The van der Waals surface area contributed by atoms with Crippen molar-refractivity contribution in [3.63, 3.8) is 0 Å². The molecule has 30 heavy (non-hydrogen) atoms. The molecule has 0 bridgehead atoms. The fourth-order valence-corrected chi connectivity index (χ4v) is 4.20. The number of likely N-dealkylation sites (tertiary alicyclic amines) is 1. The molecule has 156 valence electrons. The number of tetrazole rings is 1. The summed E-state index contributed by atoms with van der Waals surface area (Å²) >= 11 is 6.23. The Morgan fingerprint density at radius 3 is 2.70 bits per heavy atom. The number of amides is 1. The van der Waals surface area contributed by atoms with Gasteiger partial charge in [-0.25, -0.2) is 4.68 Å². The van der Waals surface area contributed by atoms with Crippen LogP contribution in [0.5, 0.6) is 0 Å². The Bertz CT molecular complexity index is 949. The molecule has 1 fully saturated rings. The second-order valence-electron chi connectivity index (χ2n) is 7.59. The molecule has 2 heterocycles. The van der Waals surface area contributed by atoms with Crippen LogP contribution in [0.2, 0.25) is 5.02 Å². The summed E-state index contributed by atoms with van der Waals surface area (Å²) in [6.45, 7) is 2.02. The first-order valence-corrected chi connectivity index (χ1v) is 10.6. The number of rotatable bonds is 8. The monoisotopic (exact) mass is 424 g/mol. The Morgan fingerprint density at radius 1 is 1.13 bits per heavy atom. The molecular weight excluding hydrogens is 400 g/mol. The van der Waals surface area contributed by atoms with Gasteiger partial charge in [-0.15, -0.1) is 5.10 Å². The zero-order chi connectivity index (χ0) is 20.8. The molecule has 1 aliphatic heterocycles. The number of aryl methyl sites for hydroxylation is 1. The van der Waals surface area contributed by atoms with Gasteiger partial charge < -0.3 is 5.32 Å². The number of carbonyl (C=O) groups is 1. The molecule has 1 amide bonds. The van der Waals surface area contributed by atoms with Gasteiger partial charge in [0, 0.05) is 18.1 Å². The minimum Gasteiger partial charge on any atom is -0.351 e. The Morgan fingerprint density at radius 2 is 1.93 bits per heavy atom. The van der Waals surface area contributed by atoms with Crippen LogP contribution in [-0.2, 0) is 17.8 Å². The molecule has 0 unspecified atom stereocenters. The maximum absolute atomic E-state index is 13.0. The lowest BCUT2D eigenvalue weighted by Gasteiger charge is -2.23. The van der Waals surface area contributed by atoms with Gasteiger partial charge in [-0.3, -0.25) is 9.69 Å². The molecule has 0 radical (unpaired) electrons. The Hall–Kier alpha value is -2.77. The molecule has 0 saturated carbocycles. The van der Waals surface area contributed by atoms with Crippen molar-refractivity contribution in [1.29, 1.82) is 0 Å². The molecule has 3 aromatic rings. The first kappa shape index (κ1) is 20.5. The molecular formula is C22H25ClN6O. The van der Waals surface area contributed by atoms with E-state index in [1.54, 1.807) is 11.0 Å². The number of benzene rings is 2. The lowest BCUT2D eigenvalue weighted by molar-refractivity contribution is -0.125. The van der Waals surface area contributed by atoms with Gasteiger partial charge in [-0.2, -0.15) is 0 Å². The van der Waals surface area contributed by atoms with Gasteiger partial charge >= 0.3 is 0 Å². The van der Waals surface area contributed by atoms with E-state index in [4.69, 9.17) is 11.6 Å². The molecule has 1 aliphatic rings. The fraction of sp³-hybridized carbons (Fsp3) is 0.364. The van der Waals surface area contributed by atoms with Gasteiger partial charge in [-0.1, -0.05) is 60.1 Å². The number of nitrogens with zero attached hydrogens (tertiary/aromatic N) is 5. The van der Waals surface area contributed by atoms with E-state index in [-0.39, 0.29) is 18.0 Å². The average Bonchev–Trinajstić information content (AvgIpc) is 3.44. The molecule has 7 nitrogen and oxygen atoms in total. The van der Waals surface area contributed by atoms with Crippen molar-refractivity contribution in [2.75, 3.05) is 13.1 Å². The summed E-state index contributed by atoms with van der Waals surface area (Å²) in [5.74, 6) is 0.0187. The second-order valence-corrected chi connectivity index (χ2v) is 8.00. The quantitative estimate of drug-likeness (QED) is 0.601. The van der Waals surface area contributed by atoms with E-state index in [2.05, 4.69) is 50.0 Å². The third-order valence-electron chi connectivity index (χ3n) is 5.59. The predicted octanol–water partition coefficient (Wildman–Crippen LogP) is 2.89. The van der Waals surface area contributed by atoms with Gasteiger partial charge in [0.15, 0.2) is 0 Å². The highest BCUT2D eigenvalue weighted by Crippen LogP contribution is 2.27. The summed E-state index contributed by atoms with van der Waals surface area (Å²) in [6.07, 6.45) is 4.28. The third-order valence-corrected chi connectivity index (χ3v) is 5.96. The first-order valence-electron chi connectivity index (χ1n) is 10.2. The highest BCUT2D eigenvalue weighted by atomic mass is 35.5. The molecule has 0 spiro atoms. The van der Waals surface area contributed by atoms with Crippen LogP contribution in [0.1, 0.15) is 30.0 Å². The van der Waals surface area contributed by atoms with Crippen molar-refractivity contribution in [1.82, 2.24) is 30.4 Å². The number of nitrogens with one attached hydrogen (secondary N) is 1. The molecule has 2 atom stereocenters. The Balaban J connectivity index is 1.39. The van der Waals surface area contributed by atoms with Gasteiger partial charge in [0.25, 0.3) is 0 Å². The smallest absolute Gasteiger partial charge is 0.237 e. The number of hydrogen-bond acceptors (Lipinski definition) is 5. The molecule has 0 aliphatic carbocycles. The van der Waals surface area contributed by atoms with Crippen molar-refractivity contribution in [3.05, 3.63) is 77.1 Å². The lowest BCUT2D eigenvalue weighted by Crippen LogP contribution is -2.43. The maximum atomic E-state index is 13.0. The van der Waals surface area contributed by atoms with E-state index >= 15 is 0 Å². The van der Waals surface area contributed by atoms with Crippen LogP contribution < -0.4 is 5.32 Å². The lowest BCUT2D eigenvalue weighted by atomic mass is 10.1. The minimum atomic E-state index is -0.211. The molecule has 8 heteroatoms. The Kier molecular flexibility index (Phi) is 6.71. The zero-order valence-electron chi connectivity index (χ0n) is 16.7. The van der Waals surface area contributed by atoms with Gasteiger partial charge in [0.05, 0.1) is 12.1 Å². The van der Waals surface area contributed by atoms with Crippen LogP contribution in [0.3, 0.4) is 0 Å². The van der Waals surface area contributed by atoms with E-state index in [1.807, 2.05) is 30.3 Å². The van der Waals surface area contributed by atoms with E-state index in [0.29, 0.717) is 18.0 Å². The van der Waals surface area contributed by atoms with Crippen molar-refractivity contribution >= 4 is 17.5 Å².